The summed E-state index contributed by atoms with van der Waals surface area (Å²) in [4.78, 5) is 12.6. The molecule has 7 heteroatoms. The van der Waals surface area contributed by atoms with Crippen LogP contribution >= 0.6 is 11.6 Å². The number of aryl methyl sites for hydroxylation is 1. The van der Waals surface area contributed by atoms with Crippen molar-refractivity contribution in [3.8, 4) is 0 Å². The number of halogens is 1. The molecule has 2 rings (SSSR count). The highest BCUT2D eigenvalue weighted by molar-refractivity contribution is 7.92. The number of nitrogens with one attached hydrogen (secondary N) is 2. The highest BCUT2D eigenvalue weighted by atomic mass is 35.5. The third-order valence-corrected chi connectivity index (χ3v) is 6.60. The second-order valence-electron chi connectivity index (χ2n) is 7.24. The van der Waals surface area contributed by atoms with Crippen LogP contribution in [0.5, 0.6) is 0 Å². The molecule has 29 heavy (non-hydrogen) atoms. The Morgan fingerprint density at radius 2 is 1.79 bits per heavy atom. The van der Waals surface area contributed by atoms with Gasteiger partial charge in [-0.05, 0) is 49.6 Å². The molecule has 2 N–H and O–H groups in total. The lowest BCUT2D eigenvalue weighted by atomic mass is 9.99. The zero-order chi connectivity index (χ0) is 21.4. The topological polar surface area (TPSA) is 75.3 Å². The zero-order valence-corrected chi connectivity index (χ0v) is 18.7. The lowest BCUT2D eigenvalue weighted by Crippen LogP contribution is -2.29. The summed E-state index contributed by atoms with van der Waals surface area (Å²) >= 11 is 6.24. The van der Waals surface area contributed by atoms with Crippen LogP contribution in [0.25, 0.3) is 0 Å². The summed E-state index contributed by atoms with van der Waals surface area (Å²) < 4.78 is 27.5. The Morgan fingerprint density at radius 3 is 2.38 bits per heavy atom. The number of sulfonamides is 1. The lowest BCUT2D eigenvalue weighted by molar-refractivity contribution is 0.0946. The minimum absolute atomic E-state index is 0.152. The van der Waals surface area contributed by atoms with Crippen molar-refractivity contribution < 1.29 is 13.2 Å². The number of benzene rings is 2. The SMILES string of the molecule is CCCCC(CC)CNC(=O)c1ccc(NS(=O)(=O)c2ccc(C)cc2)c(Cl)c1. The van der Waals surface area contributed by atoms with Crippen molar-refractivity contribution in [1.82, 2.24) is 5.32 Å². The molecule has 2 aromatic carbocycles. The van der Waals surface area contributed by atoms with Gasteiger partial charge in [-0.3, -0.25) is 9.52 Å². The van der Waals surface area contributed by atoms with Gasteiger partial charge in [0.2, 0.25) is 0 Å². The first-order chi connectivity index (χ1) is 13.8. The Bertz CT molecular complexity index is 928. The largest absolute Gasteiger partial charge is 0.352 e. The van der Waals surface area contributed by atoms with E-state index in [0.29, 0.717) is 18.0 Å². The predicted molar refractivity (Wildman–Crippen MR) is 119 cm³/mol. The fourth-order valence-corrected chi connectivity index (χ4v) is 4.31. The van der Waals surface area contributed by atoms with E-state index in [-0.39, 0.29) is 21.5 Å². The molecular formula is C22H29ClN2O3S. The van der Waals surface area contributed by atoms with Crippen LogP contribution in [0.2, 0.25) is 5.02 Å². The molecule has 0 radical (unpaired) electrons. The average Bonchev–Trinajstić information content (AvgIpc) is 2.69. The molecule has 0 aliphatic heterocycles. The van der Waals surface area contributed by atoms with Gasteiger partial charge >= 0.3 is 0 Å². The maximum Gasteiger partial charge on any atom is 0.261 e. The zero-order valence-electron chi connectivity index (χ0n) is 17.2. The maximum atomic E-state index is 12.5. The van der Waals surface area contributed by atoms with Crippen LogP contribution in [0.15, 0.2) is 47.4 Å². The molecule has 0 spiro atoms. The third-order valence-electron chi connectivity index (χ3n) is 4.90. The van der Waals surface area contributed by atoms with Crippen LogP contribution in [-0.4, -0.2) is 20.9 Å². The molecule has 0 aliphatic carbocycles. The summed E-state index contributed by atoms with van der Waals surface area (Å²) in [7, 11) is -3.75. The van der Waals surface area contributed by atoms with Crippen molar-refractivity contribution in [2.24, 2.45) is 5.92 Å². The number of amides is 1. The Hall–Kier alpha value is -2.05. The third kappa shape index (κ3) is 6.75. The van der Waals surface area contributed by atoms with E-state index in [4.69, 9.17) is 11.6 Å². The fraction of sp³-hybridized carbons (Fsp3) is 0.409. The maximum absolute atomic E-state index is 12.5. The molecular weight excluding hydrogens is 408 g/mol. The predicted octanol–water partition coefficient (Wildman–Crippen LogP) is 5.40. The second-order valence-corrected chi connectivity index (χ2v) is 9.33. The van der Waals surface area contributed by atoms with E-state index in [1.807, 2.05) is 6.92 Å². The number of hydrogen-bond donors (Lipinski definition) is 2. The highest BCUT2D eigenvalue weighted by Gasteiger charge is 2.17. The smallest absolute Gasteiger partial charge is 0.261 e. The van der Waals surface area contributed by atoms with E-state index >= 15 is 0 Å². The first-order valence-corrected chi connectivity index (χ1v) is 11.8. The quantitative estimate of drug-likeness (QED) is 0.523. The van der Waals surface area contributed by atoms with Crippen molar-refractivity contribution in [3.63, 3.8) is 0 Å². The van der Waals surface area contributed by atoms with Crippen LogP contribution in [0.3, 0.4) is 0 Å². The number of carbonyl (C=O) groups is 1. The molecule has 1 unspecified atom stereocenters. The minimum Gasteiger partial charge on any atom is -0.352 e. The number of hydrogen-bond acceptors (Lipinski definition) is 3. The van der Waals surface area contributed by atoms with Gasteiger partial charge < -0.3 is 5.32 Å². The number of carbonyl (C=O) groups excluding carboxylic acids is 1. The lowest BCUT2D eigenvalue weighted by Gasteiger charge is -2.16. The monoisotopic (exact) mass is 436 g/mol. The van der Waals surface area contributed by atoms with Crippen molar-refractivity contribution in [3.05, 3.63) is 58.6 Å². The van der Waals surface area contributed by atoms with Crippen molar-refractivity contribution in [2.75, 3.05) is 11.3 Å². The average molecular weight is 437 g/mol. The van der Waals surface area contributed by atoms with Crippen molar-refractivity contribution >= 4 is 33.2 Å². The Balaban J connectivity index is 2.05. The van der Waals surface area contributed by atoms with Gasteiger partial charge in [0.05, 0.1) is 15.6 Å². The van der Waals surface area contributed by atoms with Crippen LogP contribution < -0.4 is 10.0 Å². The van der Waals surface area contributed by atoms with Gasteiger partial charge in [0.15, 0.2) is 0 Å². The van der Waals surface area contributed by atoms with Gasteiger partial charge in [-0.25, -0.2) is 8.42 Å². The van der Waals surface area contributed by atoms with Gasteiger partial charge in [0.25, 0.3) is 15.9 Å². The normalized spacial score (nSPS) is 12.4. The van der Waals surface area contributed by atoms with E-state index in [9.17, 15) is 13.2 Å². The summed E-state index contributed by atoms with van der Waals surface area (Å²) in [5, 5.41) is 3.12. The standard InChI is InChI=1S/C22H29ClN2O3S/c1-4-6-7-17(5-2)15-24-22(26)18-10-13-21(20(23)14-18)25-29(27,28)19-11-8-16(3)9-12-19/h8-14,17,25H,4-7,15H2,1-3H3,(H,24,26). The van der Waals surface area contributed by atoms with Gasteiger partial charge in [0, 0.05) is 12.1 Å². The highest BCUT2D eigenvalue weighted by Crippen LogP contribution is 2.26. The fourth-order valence-electron chi connectivity index (χ4n) is 2.94. The molecule has 5 nitrogen and oxygen atoms in total. The van der Waals surface area contributed by atoms with Gasteiger partial charge in [-0.2, -0.15) is 0 Å². The molecule has 158 valence electrons. The molecule has 2 aromatic rings. The Kier molecular flexibility index (Phi) is 8.53. The molecule has 1 atom stereocenters. The first-order valence-electron chi connectivity index (χ1n) is 9.94. The van der Waals surface area contributed by atoms with E-state index < -0.39 is 10.0 Å². The number of anilines is 1. The summed E-state index contributed by atoms with van der Waals surface area (Å²) in [5.74, 6) is 0.241. The minimum atomic E-state index is -3.75. The van der Waals surface area contributed by atoms with Gasteiger partial charge in [-0.15, -0.1) is 0 Å². The molecule has 0 fully saturated rings. The second kappa shape index (κ2) is 10.6. The van der Waals surface area contributed by atoms with Crippen LogP contribution in [0, 0.1) is 12.8 Å². The summed E-state index contributed by atoms with van der Waals surface area (Å²) in [6.07, 6.45) is 4.39. The van der Waals surface area contributed by atoms with E-state index in [0.717, 1.165) is 31.2 Å². The molecule has 1 amide bonds. The van der Waals surface area contributed by atoms with E-state index in [1.54, 1.807) is 18.2 Å². The van der Waals surface area contributed by atoms with E-state index in [1.165, 1.54) is 24.3 Å². The molecule has 0 aliphatic rings. The summed E-state index contributed by atoms with van der Waals surface area (Å²) in [5.41, 5.74) is 1.61. The van der Waals surface area contributed by atoms with Gasteiger partial charge in [0.1, 0.15) is 0 Å². The Morgan fingerprint density at radius 1 is 1.10 bits per heavy atom. The van der Waals surface area contributed by atoms with Crippen molar-refractivity contribution in [1.29, 1.82) is 0 Å². The molecule has 0 saturated carbocycles. The summed E-state index contributed by atoms with van der Waals surface area (Å²) in [6.45, 7) is 6.78. The summed E-state index contributed by atoms with van der Waals surface area (Å²) in [6, 6.07) is 11.1. The number of unbranched alkanes of at least 4 members (excludes halogenated alkanes) is 1. The molecule has 0 saturated heterocycles. The van der Waals surface area contributed by atoms with Crippen LogP contribution in [0.1, 0.15) is 55.5 Å². The number of rotatable bonds is 10. The van der Waals surface area contributed by atoms with Gasteiger partial charge in [-0.1, -0.05) is 62.4 Å². The molecule has 0 bridgehead atoms. The molecule has 0 aromatic heterocycles. The van der Waals surface area contributed by atoms with Crippen LogP contribution in [-0.2, 0) is 10.0 Å². The van der Waals surface area contributed by atoms with E-state index in [2.05, 4.69) is 23.9 Å². The van der Waals surface area contributed by atoms with Crippen LogP contribution in [0.4, 0.5) is 5.69 Å². The Labute approximate surface area is 178 Å². The molecule has 0 heterocycles. The van der Waals surface area contributed by atoms with Crippen molar-refractivity contribution in [2.45, 2.75) is 51.3 Å². The first kappa shape index (κ1) is 23.2.